The van der Waals surface area contributed by atoms with E-state index >= 15 is 0 Å². The molecule has 2 aliphatic rings. The molecule has 2 amide bonds. The minimum absolute atomic E-state index is 0.000759. The van der Waals surface area contributed by atoms with Crippen LogP contribution in [0.15, 0.2) is 42.7 Å². The predicted octanol–water partition coefficient (Wildman–Crippen LogP) is 6.26. The summed E-state index contributed by atoms with van der Waals surface area (Å²) >= 11 is 0. The van der Waals surface area contributed by atoms with Crippen LogP contribution in [0.4, 0.5) is 21.9 Å². The summed E-state index contributed by atoms with van der Waals surface area (Å²) in [4.78, 5) is 40.1. The molecule has 5 rings (SSSR count). The van der Waals surface area contributed by atoms with E-state index in [2.05, 4.69) is 83.3 Å². The standard InChI is InChI=1S/C36H51N6O5Si/c1-24-22-42(23-30(40-34(44)46-35(2,3)4)32(24)47-48(8,9)36(5,6)7)31-14-15-37-21-29(31)39-33(43)27-13-11-25-10-12-26(20-28(25)38-27)41-16-18-45-19-17-41/h10-12,14-15,20-21,24,30,32H,16-19,22-23H2,1-9H3,(H,39,43)(H,40,44)/t24-,30+,32+/m0/s1. The molecule has 0 saturated carbocycles. The predicted molar refractivity (Wildman–Crippen MR) is 192 cm³/mol. The zero-order valence-electron chi connectivity index (χ0n) is 29.8. The minimum atomic E-state index is -2.17. The number of pyridine rings is 2. The second-order valence-corrected chi connectivity index (χ2v) is 20.2. The van der Waals surface area contributed by atoms with Crippen LogP contribution < -0.4 is 20.4 Å². The number of hydrogen-bond donors (Lipinski definition) is 2. The number of alkyl carbamates (subject to hydrolysis) is 1. The number of carbonyl (C=O) groups excluding carboxylic acids is 2. The molecule has 48 heavy (non-hydrogen) atoms. The van der Waals surface area contributed by atoms with Gasteiger partial charge in [0.25, 0.3) is 5.91 Å². The highest BCUT2D eigenvalue weighted by atomic mass is 28.4. The van der Waals surface area contributed by atoms with Gasteiger partial charge in [-0.3, -0.25) is 9.78 Å². The fourth-order valence-electron chi connectivity index (χ4n) is 5.89. The molecular formula is C36H51N6O5Si. The molecule has 0 unspecified atom stereocenters. The van der Waals surface area contributed by atoms with Gasteiger partial charge in [-0.25, -0.2) is 9.78 Å². The Balaban J connectivity index is 1.38. The molecule has 2 saturated heterocycles. The largest absolute Gasteiger partial charge is 0.444 e. The number of anilines is 3. The first-order valence-corrected chi connectivity index (χ1v) is 19.7. The Morgan fingerprint density at radius 3 is 2.46 bits per heavy atom. The lowest BCUT2D eigenvalue weighted by Gasteiger charge is -2.48. The van der Waals surface area contributed by atoms with Crippen molar-refractivity contribution < 1.29 is 23.5 Å². The molecule has 2 aliphatic heterocycles. The number of nitrogens with zero attached hydrogens (tertiary/aromatic N) is 4. The molecule has 11 nitrogen and oxygen atoms in total. The molecule has 2 fully saturated rings. The quantitative estimate of drug-likeness (QED) is 0.280. The van der Waals surface area contributed by atoms with Crippen LogP contribution >= 0.6 is 0 Å². The molecule has 4 heterocycles. The second kappa shape index (κ2) is 14.0. The van der Waals surface area contributed by atoms with Crippen LogP contribution in [-0.4, -0.2) is 87.4 Å². The van der Waals surface area contributed by atoms with Gasteiger partial charge in [-0.2, -0.15) is 0 Å². The Bertz CT molecular complexity index is 1610. The van der Waals surface area contributed by atoms with Gasteiger partial charge >= 0.3 is 6.09 Å². The van der Waals surface area contributed by atoms with E-state index in [-0.39, 0.29) is 34.7 Å². The Morgan fingerprint density at radius 1 is 1.04 bits per heavy atom. The number of rotatable bonds is 7. The normalized spacial score (nSPS) is 20.8. The monoisotopic (exact) mass is 675 g/mol. The summed E-state index contributed by atoms with van der Waals surface area (Å²) < 4.78 is 18.1. The van der Waals surface area contributed by atoms with Crippen molar-refractivity contribution in [2.45, 2.75) is 84.3 Å². The summed E-state index contributed by atoms with van der Waals surface area (Å²) in [5.41, 5.74) is 2.67. The SMILES string of the molecule is C[C@H]1CN(c2ccncc2NC(=O)c2[c]cc3ccc(N4CCOCC4)cc3n2)C[C@@H](NC(=O)OC(C)(C)C)[C@@H]1O[Si](C)(C)C(C)(C)C. The third-order valence-corrected chi connectivity index (χ3v) is 13.9. The molecule has 1 radical (unpaired) electrons. The van der Waals surface area contributed by atoms with Crippen LogP contribution in [0.1, 0.15) is 59.0 Å². The molecule has 259 valence electrons. The third-order valence-electron chi connectivity index (χ3n) is 9.41. The maximum absolute atomic E-state index is 13.6. The second-order valence-electron chi connectivity index (χ2n) is 15.4. The van der Waals surface area contributed by atoms with Crippen molar-refractivity contribution in [3.8, 4) is 0 Å². The number of hydrogen-bond acceptors (Lipinski definition) is 9. The van der Waals surface area contributed by atoms with Crippen LogP contribution in [-0.2, 0) is 13.9 Å². The van der Waals surface area contributed by atoms with Crippen LogP contribution in [0.5, 0.6) is 0 Å². The number of nitrogens with one attached hydrogen (secondary N) is 2. The lowest BCUT2D eigenvalue weighted by atomic mass is 9.92. The molecule has 12 heteroatoms. The smallest absolute Gasteiger partial charge is 0.408 e. The Morgan fingerprint density at radius 2 is 1.77 bits per heavy atom. The van der Waals surface area contributed by atoms with Crippen LogP contribution in [0.25, 0.3) is 10.9 Å². The van der Waals surface area contributed by atoms with Gasteiger partial charge in [0.15, 0.2) is 8.32 Å². The van der Waals surface area contributed by atoms with Gasteiger partial charge in [-0.1, -0.05) is 33.8 Å². The molecule has 1 aromatic carbocycles. The molecule has 3 atom stereocenters. The van der Waals surface area contributed by atoms with Crippen molar-refractivity contribution in [1.82, 2.24) is 15.3 Å². The summed E-state index contributed by atoms with van der Waals surface area (Å²) in [6, 6.07) is 12.5. The molecule has 3 aromatic rings. The van der Waals surface area contributed by atoms with E-state index in [1.165, 1.54) is 0 Å². The number of amides is 2. The fraction of sp³-hybridized carbons (Fsp3) is 0.556. The molecule has 0 spiro atoms. The third kappa shape index (κ3) is 8.45. The van der Waals surface area contributed by atoms with Crippen molar-refractivity contribution in [2.24, 2.45) is 5.92 Å². The van der Waals surface area contributed by atoms with Gasteiger partial charge in [-0.05, 0) is 63.2 Å². The number of ether oxygens (including phenoxy) is 2. The van der Waals surface area contributed by atoms with E-state index in [1.54, 1.807) is 18.5 Å². The zero-order chi connectivity index (χ0) is 34.9. The fourth-order valence-corrected chi connectivity index (χ4v) is 7.32. The van der Waals surface area contributed by atoms with Crippen LogP contribution in [0.3, 0.4) is 0 Å². The molecule has 2 aromatic heterocycles. The van der Waals surface area contributed by atoms with Crippen LogP contribution in [0.2, 0.25) is 18.1 Å². The number of carbonyl (C=O) groups is 2. The lowest BCUT2D eigenvalue weighted by Crippen LogP contribution is -2.63. The van der Waals surface area contributed by atoms with Gasteiger partial charge in [0.2, 0.25) is 0 Å². The summed E-state index contributed by atoms with van der Waals surface area (Å²) in [7, 11) is -2.17. The highest BCUT2D eigenvalue weighted by Crippen LogP contribution is 2.40. The van der Waals surface area contributed by atoms with E-state index < -0.39 is 20.0 Å². The number of morpholine rings is 1. The van der Waals surface area contributed by atoms with E-state index in [0.717, 1.165) is 35.4 Å². The van der Waals surface area contributed by atoms with E-state index in [4.69, 9.17) is 13.9 Å². The maximum atomic E-state index is 13.6. The molecule has 2 N–H and O–H groups in total. The van der Waals surface area contributed by atoms with E-state index in [9.17, 15) is 9.59 Å². The summed E-state index contributed by atoms with van der Waals surface area (Å²) in [5, 5.41) is 7.07. The molecule has 0 bridgehead atoms. The zero-order valence-corrected chi connectivity index (χ0v) is 30.8. The van der Waals surface area contributed by atoms with Crippen molar-refractivity contribution in [3.05, 3.63) is 54.5 Å². The van der Waals surface area contributed by atoms with Crippen LogP contribution in [0, 0.1) is 12.0 Å². The van der Waals surface area contributed by atoms with Gasteiger partial charge in [0.05, 0.1) is 48.4 Å². The first-order valence-electron chi connectivity index (χ1n) is 16.8. The highest BCUT2D eigenvalue weighted by molar-refractivity contribution is 6.74. The number of piperidine rings is 1. The van der Waals surface area contributed by atoms with E-state index in [0.29, 0.717) is 32.0 Å². The number of fused-ring (bicyclic) bond motifs is 1. The highest BCUT2D eigenvalue weighted by Gasteiger charge is 2.45. The Kier molecular flexibility index (Phi) is 10.4. The number of benzene rings is 1. The van der Waals surface area contributed by atoms with Crippen molar-refractivity contribution in [2.75, 3.05) is 54.5 Å². The van der Waals surface area contributed by atoms with Gasteiger partial charge in [-0.15, -0.1) is 0 Å². The van der Waals surface area contributed by atoms with Gasteiger partial charge in [0.1, 0.15) is 11.3 Å². The topological polar surface area (TPSA) is 118 Å². The first-order chi connectivity index (χ1) is 22.5. The first kappa shape index (κ1) is 35.6. The van der Waals surface area contributed by atoms with Crippen molar-refractivity contribution in [1.29, 1.82) is 0 Å². The summed E-state index contributed by atoms with van der Waals surface area (Å²) in [6.45, 7) is 22.9. The van der Waals surface area contributed by atoms with Gasteiger partial charge in [0, 0.05) is 55.4 Å². The average Bonchev–Trinajstić information content (AvgIpc) is 3.01. The maximum Gasteiger partial charge on any atom is 0.408 e. The minimum Gasteiger partial charge on any atom is -0.444 e. The number of aromatic nitrogens is 2. The van der Waals surface area contributed by atoms with Crippen molar-refractivity contribution in [3.63, 3.8) is 0 Å². The summed E-state index contributed by atoms with van der Waals surface area (Å²) in [5.74, 6) is -0.323. The summed E-state index contributed by atoms with van der Waals surface area (Å²) in [6.07, 6.45) is 2.65. The Labute approximate surface area is 285 Å². The van der Waals surface area contributed by atoms with E-state index in [1.807, 2.05) is 39.0 Å². The lowest BCUT2D eigenvalue weighted by molar-refractivity contribution is 0.0336. The van der Waals surface area contributed by atoms with Crippen molar-refractivity contribution >= 4 is 48.3 Å². The Hall–Kier alpha value is -3.74. The van der Waals surface area contributed by atoms with Gasteiger partial charge < -0.3 is 34.3 Å². The molecular weight excluding hydrogens is 625 g/mol. The molecule has 0 aliphatic carbocycles. The average molecular weight is 676 g/mol.